The van der Waals surface area contributed by atoms with E-state index in [1.807, 2.05) is 42.5 Å². The Morgan fingerprint density at radius 2 is 1.03 bits per heavy atom. The molecule has 2 aromatic carbocycles. The molecule has 0 radical (unpaired) electrons. The lowest BCUT2D eigenvalue weighted by molar-refractivity contribution is 0.290. The molecule has 0 aliphatic carbocycles. The van der Waals surface area contributed by atoms with Crippen molar-refractivity contribution >= 4 is 0 Å². The monoisotopic (exact) mass is 424 g/mol. The van der Waals surface area contributed by atoms with Crippen LogP contribution in [-0.4, -0.2) is 6.61 Å². The first-order valence-electron chi connectivity index (χ1n) is 12.8. The SMILES string of the molecule is CCCCCCCCCCCCCCCCOc1cccc(OCc2ccccc2)c1. The van der Waals surface area contributed by atoms with Crippen molar-refractivity contribution in [2.24, 2.45) is 0 Å². The summed E-state index contributed by atoms with van der Waals surface area (Å²) in [4.78, 5) is 0. The van der Waals surface area contributed by atoms with Gasteiger partial charge in [-0.15, -0.1) is 0 Å². The summed E-state index contributed by atoms with van der Waals surface area (Å²) in [5.74, 6) is 1.77. The highest BCUT2D eigenvalue weighted by Crippen LogP contribution is 2.21. The average molecular weight is 425 g/mol. The summed E-state index contributed by atoms with van der Waals surface area (Å²) < 4.78 is 11.8. The Morgan fingerprint density at radius 1 is 0.516 bits per heavy atom. The summed E-state index contributed by atoms with van der Waals surface area (Å²) in [5.41, 5.74) is 1.18. The Balaban J connectivity index is 1.41. The van der Waals surface area contributed by atoms with Crippen LogP contribution in [0, 0.1) is 0 Å². The van der Waals surface area contributed by atoms with E-state index < -0.39 is 0 Å². The second-order valence-electron chi connectivity index (χ2n) is 8.69. The van der Waals surface area contributed by atoms with Crippen molar-refractivity contribution in [3.63, 3.8) is 0 Å². The van der Waals surface area contributed by atoms with E-state index in [2.05, 4.69) is 19.1 Å². The minimum atomic E-state index is 0.587. The van der Waals surface area contributed by atoms with E-state index in [1.54, 1.807) is 0 Å². The lowest BCUT2D eigenvalue weighted by Crippen LogP contribution is -1.99. The van der Waals surface area contributed by atoms with Gasteiger partial charge in [-0.25, -0.2) is 0 Å². The first-order valence-corrected chi connectivity index (χ1v) is 12.8. The third-order valence-electron chi connectivity index (χ3n) is 5.82. The van der Waals surface area contributed by atoms with Gasteiger partial charge in [0, 0.05) is 6.07 Å². The first kappa shape index (κ1) is 25.3. The maximum absolute atomic E-state index is 5.93. The van der Waals surface area contributed by atoms with Crippen molar-refractivity contribution in [2.45, 2.75) is 103 Å². The summed E-state index contributed by atoms with van der Waals surface area (Å²) >= 11 is 0. The fourth-order valence-corrected chi connectivity index (χ4v) is 3.88. The maximum Gasteiger partial charge on any atom is 0.123 e. The molecule has 0 saturated carbocycles. The van der Waals surface area contributed by atoms with Gasteiger partial charge in [-0.1, -0.05) is 127 Å². The van der Waals surface area contributed by atoms with Gasteiger partial charge in [-0.05, 0) is 24.1 Å². The van der Waals surface area contributed by atoms with Crippen LogP contribution in [0.25, 0.3) is 0 Å². The van der Waals surface area contributed by atoms with Crippen LogP contribution in [0.2, 0.25) is 0 Å². The molecule has 0 heterocycles. The van der Waals surface area contributed by atoms with E-state index in [4.69, 9.17) is 9.47 Å². The van der Waals surface area contributed by atoms with Crippen LogP contribution in [0.15, 0.2) is 54.6 Å². The highest BCUT2D eigenvalue weighted by atomic mass is 16.5. The van der Waals surface area contributed by atoms with Gasteiger partial charge >= 0.3 is 0 Å². The molecule has 2 nitrogen and oxygen atoms in total. The maximum atomic E-state index is 5.93. The quantitative estimate of drug-likeness (QED) is 0.209. The molecule has 0 atom stereocenters. The number of unbranched alkanes of at least 4 members (excludes halogenated alkanes) is 13. The van der Waals surface area contributed by atoms with Crippen molar-refractivity contribution in [3.8, 4) is 11.5 Å². The highest BCUT2D eigenvalue weighted by Gasteiger charge is 2.00. The molecule has 0 aromatic heterocycles. The number of hydrogen-bond donors (Lipinski definition) is 0. The van der Waals surface area contributed by atoms with Crippen LogP contribution in [0.1, 0.15) is 102 Å². The fourth-order valence-electron chi connectivity index (χ4n) is 3.88. The van der Waals surface area contributed by atoms with E-state index in [0.717, 1.165) is 24.5 Å². The molecule has 0 aliphatic rings. The Kier molecular flexibility index (Phi) is 14.4. The van der Waals surface area contributed by atoms with Crippen LogP contribution in [0.4, 0.5) is 0 Å². The summed E-state index contributed by atoms with van der Waals surface area (Å²) in [7, 11) is 0. The standard InChI is InChI=1S/C29H44O2/c1-2-3-4-5-6-7-8-9-10-11-12-13-14-18-24-30-28-22-19-23-29(25-28)31-26-27-20-16-15-17-21-27/h15-17,19-23,25H,2-14,18,24,26H2,1H3. The third-order valence-corrected chi connectivity index (χ3v) is 5.82. The summed E-state index contributed by atoms with van der Waals surface area (Å²) in [5, 5.41) is 0. The molecular weight excluding hydrogens is 380 g/mol. The van der Waals surface area contributed by atoms with Gasteiger partial charge in [0.1, 0.15) is 18.1 Å². The predicted octanol–water partition coefficient (Wildman–Crippen LogP) is 9.13. The minimum Gasteiger partial charge on any atom is -0.493 e. The molecule has 0 saturated heterocycles. The normalized spacial score (nSPS) is 10.9. The van der Waals surface area contributed by atoms with Crippen molar-refractivity contribution < 1.29 is 9.47 Å². The van der Waals surface area contributed by atoms with Gasteiger partial charge in [0.25, 0.3) is 0 Å². The van der Waals surface area contributed by atoms with Crippen molar-refractivity contribution in [2.75, 3.05) is 6.61 Å². The number of rotatable bonds is 19. The van der Waals surface area contributed by atoms with Crippen molar-refractivity contribution in [1.82, 2.24) is 0 Å². The number of hydrogen-bond acceptors (Lipinski definition) is 2. The van der Waals surface area contributed by atoms with E-state index >= 15 is 0 Å². The zero-order valence-corrected chi connectivity index (χ0v) is 19.8. The molecule has 0 aliphatic heterocycles. The molecule has 2 aromatic rings. The fraction of sp³-hybridized carbons (Fsp3) is 0.586. The summed E-state index contributed by atoms with van der Waals surface area (Å²) in [6.07, 6.45) is 19.3. The van der Waals surface area contributed by atoms with Crippen LogP contribution < -0.4 is 9.47 Å². The Bertz CT molecular complexity index is 653. The summed E-state index contributed by atoms with van der Waals surface area (Å²) in [6.45, 7) is 3.67. The van der Waals surface area contributed by atoms with Crippen LogP contribution in [-0.2, 0) is 6.61 Å². The van der Waals surface area contributed by atoms with E-state index in [1.165, 1.54) is 89.0 Å². The predicted molar refractivity (Wildman–Crippen MR) is 133 cm³/mol. The Hall–Kier alpha value is -1.96. The third kappa shape index (κ3) is 13.1. The number of ether oxygens (including phenoxy) is 2. The van der Waals surface area contributed by atoms with Gasteiger partial charge in [-0.3, -0.25) is 0 Å². The van der Waals surface area contributed by atoms with Crippen molar-refractivity contribution in [1.29, 1.82) is 0 Å². The molecular formula is C29H44O2. The first-order chi connectivity index (χ1) is 15.4. The van der Waals surface area contributed by atoms with Crippen LogP contribution in [0.5, 0.6) is 11.5 Å². The van der Waals surface area contributed by atoms with E-state index in [0.29, 0.717) is 6.61 Å². The average Bonchev–Trinajstić information content (AvgIpc) is 2.81. The molecule has 0 spiro atoms. The van der Waals surface area contributed by atoms with Crippen molar-refractivity contribution in [3.05, 3.63) is 60.2 Å². The summed E-state index contributed by atoms with van der Waals surface area (Å²) in [6, 6.07) is 18.2. The molecule has 0 fully saturated rings. The van der Waals surface area contributed by atoms with E-state index in [9.17, 15) is 0 Å². The minimum absolute atomic E-state index is 0.587. The molecule has 172 valence electrons. The zero-order valence-electron chi connectivity index (χ0n) is 19.8. The van der Waals surface area contributed by atoms with Gasteiger partial charge in [0.05, 0.1) is 6.61 Å². The molecule has 0 unspecified atom stereocenters. The van der Waals surface area contributed by atoms with Gasteiger partial charge in [0.2, 0.25) is 0 Å². The Morgan fingerprint density at radius 3 is 1.61 bits per heavy atom. The van der Waals surface area contributed by atoms with Crippen LogP contribution in [0.3, 0.4) is 0 Å². The molecule has 31 heavy (non-hydrogen) atoms. The molecule has 2 heteroatoms. The van der Waals surface area contributed by atoms with Gasteiger partial charge in [0.15, 0.2) is 0 Å². The molecule has 0 N–H and O–H groups in total. The lowest BCUT2D eigenvalue weighted by atomic mass is 10.0. The topological polar surface area (TPSA) is 18.5 Å². The van der Waals surface area contributed by atoms with Crippen LogP contribution >= 0.6 is 0 Å². The second kappa shape index (κ2) is 17.7. The van der Waals surface area contributed by atoms with Gasteiger partial charge < -0.3 is 9.47 Å². The highest BCUT2D eigenvalue weighted by molar-refractivity contribution is 5.33. The second-order valence-corrected chi connectivity index (χ2v) is 8.69. The molecule has 0 amide bonds. The van der Waals surface area contributed by atoms with Gasteiger partial charge in [-0.2, -0.15) is 0 Å². The molecule has 0 bridgehead atoms. The smallest absolute Gasteiger partial charge is 0.123 e. The largest absolute Gasteiger partial charge is 0.493 e. The lowest BCUT2D eigenvalue weighted by Gasteiger charge is -2.10. The Labute approximate surface area is 191 Å². The zero-order chi connectivity index (χ0) is 21.8. The number of benzene rings is 2. The van der Waals surface area contributed by atoms with E-state index in [-0.39, 0.29) is 0 Å². The molecule has 2 rings (SSSR count).